The summed E-state index contributed by atoms with van der Waals surface area (Å²) in [5.41, 5.74) is -0.169. The zero-order valence-corrected chi connectivity index (χ0v) is 9.04. The van der Waals surface area contributed by atoms with Crippen LogP contribution in [0.4, 0.5) is 0 Å². The summed E-state index contributed by atoms with van der Waals surface area (Å²) in [5, 5.41) is 11.5. The first-order valence-corrected chi connectivity index (χ1v) is 4.79. The minimum absolute atomic E-state index is 0.275. The standard InChI is InChI=1S/C11H12N2O3/c1-7(2)10(14)9(13-16)11(15)8-3-5-12-6-4-8/h3-7,16H,1-2H3/b13-9+. The Kier molecular flexibility index (Phi) is 3.88. The number of carbonyl (C=O) groups is 2. The van der Waals surface area contributed by atoms with Gasteiger partial charge in [0.05, 0.1) is 0 Å². The van der Waals surface area contributed by atoms with Gasteiger partial charge in [-0.05, 0) is 12.1 Å². The Morgan fingerprint density at radius 1 is 1.31 bits per heavy atom. The van der Waals surface area contributed by atoms with Crippen LogP contribution in [0.1, 0.15) is 24.2 Å². The summed E-state index contributed by atoms with van der Waals surface area (Å²) in [5.74, 6) is -1.47. The number of hydrogen-bond donors (Lipinski definition) is 1. The molecule has 0 aliphatic carbocycles. The van der Waals surface area contributed by atoms with Gasteiger partial charge in [0.25, 0.3) is 0 Å². The van der Waals surface area contributed by atoms with Crippen molar-refractivity contribution in [3.63, 3.8) is 0 Å². The summed E-state index contributed by atoms with van der Waals surface area (Å²) in [4.78, 5) is 27.1. The van der Waals surface area contributed by atoms with Gasteiger partial charge in [-0.2, -0.15) is 0 Å². The molecule has 0 saturated heterocycles. The minimum atomic E-state index is -0.594. The first-order chi connectivity index (χ1) is 7.57. The van der Waals surface area contributed by atoms with Gasteiger partial charge in [-0.1, -0.05) is 19.0 Å². The molecule has 16 heavy (non-hydrogen) atoms. The largest absolute Gasteiger partial charge is 0.410 e. The average molecular weight is 220 g/mol. The topological polar surface area (TPSA) is 79.6 Å². The molecule has 0 amide bonds. The highest BCUT2D eigenvalue weighted by Crippen LogP contribution is 2.05. The van der Waals surface area contributed by atoms with E-state index in [0.717, 1.165) is 0 Å². The molecular formula is C11H12N2O3. The van der Waals surface area contributed by atoms with Crippen LogP contribution in [0.5, 0.6) is 0 Å². The van der Waals surface area contributed by atoms with Crippen LogP contribution in [-0.4, -0.2) is 27.5 Å². The number of nitrogens with zero attached hydrogens (tertiary/aromatic N) is 2. The summed E-state index contributed by atoms with van der Waals surface area (Å²) in [6.07, 6.45) is 2.87. The summed E-state index contributed by atoms with van der Waals surface area (Å²) in [6.45, 7) is 3.26. The van der Waals surface area contributed by atoms with Gasteiger partial charge in [-0.3, -0.25) is 14.6 Å². The lowest BCUT2D eigenvalue weighted by atomic mass is 9.98. The Hall–Kier alpha value is -2.04. The van der Waals surface area contributed by atoms with Gasteiger partial charge in [0.1, 0.15) is 0 Å². The van der Waals surface area contributed by atoms with Gasteiger partial charge < -0.3 is 5.21 Å². The monoisotopic (exact) mass is 220 g/mol. The van der Waals surface area contributed by atoms with Gasteiger partial charge >= 0.3 is 0 Å². The van der Waals surface area contributed by atoms with Gasteiger partial charge in [-0.15, -0.1) is 0 Å². The van der Waals surface area contributed by atoms with Crippen LogP contribution < -0.4 is 0 Å². The zero-order chi connectivity index (χ0) is 12.1. The van der Waals surface area contributed by atoms with Crippen molar-refractivity contribution < 1.29 is 14.8 Å². The zero-order valence-electron chi connectivity index (χ0n) is 9.04. The van der Waals surface area contributed by atoms with Crippen molar-refractivity contribution in [3.8, 4) is 0 Å². The fourth-order valence-electron chi connectivity index (χ4n) is 1.12. The second kappa shape index (κ2) is 5.16. The molecule has 1 rings (SSSR count). The fourth-order valence-corrected chi connectivity index (χ4v) is 1.12. The number of hydrogen-bond acceptors (Lipinski definition) is 5. The molecule has 0 radical (unpaired) electrons. The van der Waals surface area contributed by atoms with Crippen molar-refractivity contribution in [3.05, 3.63) is 30.1 Å². The lowest BCUT2D eigenvalue weighted by Crippen LogP contribution is -2.28. The van der Waals surface area contributed by atoms with Gasteiger partial charge in [0.15, 0.2) is 11.5 Å². The van der Waals surface area contributed by atoms with E-state index in [4.69, 9.17) is 5.21 Å². The van der Waals surface area contributed by atoms with Crippen LogP contribution >= 0.6 is 0 Å². The molecule has 5 nitrogen and oxygen atoms in total. The highest BCUT2D eigenvalue weighted by Gasteiger charge is 2.24. The van der Waals surface area contributed by atoms with E-state index in [1.165, 1.54) is 24.5 Å². The number of rotatable bonds is 4. The van der Waals surface area contributed by atoms with Crippen LogP contribution in [0.25, 0.3) is 0 Å². The molecule has 84 valence electrons. The van der Waals surface area contributed by atoms with E-state index in [9.17, 15) is 9.59 Å². The van der Waals surface area contributed by atoms with E-state index < -0.39 is 23.2 Å². The number of carbonyl (C=O) groups excluding carboxylic acids is 2. The summed E-state index contributed by atoms with van der Waals surface area (Å²) < 4.78 is 0. The SMILES string of the molecule is CC(C)C(=O)/C(=N\O)C(=O)c1ccncc1. The van der Waals surface area contributed by atoms with E-state index in [1.54, 1.807) is 13.8 Å². The lowest BCUT2D eigenvalue weighted by molar-refractivity contribution is -0.115. The Bertz CT molecular complexity index is 424. The van der Waals surface area contributed by atoms with Crippen molar-refractivity contribution in [1.82, 2.24) is 4.98 Å². The second-order valence-corrected chi connectivity index (χ2v) is 3.53. The third kappa shape index (κ3) is 2.50. The maximum absolute atomic E-state index is 11.8. The van der Waals surface area contributed by atoms with E-state index in [2.05, 4.69) is 10.1 Å². The van der Waals surface area contributed by atoms with Crippen molar-refractivity contribution in [2.24, 2.45) is 11.1 Å². The molecule has 0 saturated carbocycles. The smallest absolute Gasteiger partial charge is 0.218 e. The average Bonchev–Trinajstić information content (AvgIpc) is 2.30. The molecule has 1 heterocycles. The lowest BCUT2D eigenvalue weighted by Gasteiger charge is -2.04. The second-order valence-electron chi connectivity index (χ2n) is 3.53. The molecule has 0 spiro atoms. The van der Waals surface area contributed by atoms with Crippen molar-refractivity contribution in [1.29, 1.82) is 0 Å². The van der Waals surface area contributed by atoms with E-state index in [-0.39, 0.29) is 5.56 Å². The van der Waals surface area contributed by atoms with Crippen LogP contribution in [0.3, 0.4) is 0 Å². The highest BCUT2D eigenvalue weighted by molar-refractivity contribution is 6.69. The Labute approximate surface area is 92.8 Å². The third-order valence-corrected chi connectivity index (χ3v) is 2.02. The van der Waals surface area contributed by atoms with Gasteiger partial charge in [0, 0.05) is 23.9 Å². The van der Waals surface area contributed by atoms with Crippen LogP contribution in [0.15, 0.2) is 29.7 Å². The molecule has 1 aromatic heterocycles. The molecule has 0 atom stereocenters. The number of aromatic nitrogens is 1. The molecular weight excluding hydrogens is 208 g/mol. The molecule has 0 aliphatic rings. The maximum Gasteiger partial charge on any atom is 0.218 e. The molecule has 0 unspecified atom stereocenters. The van der Waals surface area contributed by atoms with E-state index >= 15 is 0 Å². The first kappa shape index (κ1) is 12.0. The van der Waals surface area contributed by atoms with Crippen molar-refractivity contribution in [2.45, 2.75) is 13.8 Å². The Balaban J connectivity index is 3.01. The normalized spacial score (nSPS) is 11.6. The van der Waals surface area contributed by atoms with E-state index in [1.807, 2.05) is 0 Å². The number of Topliss-reactive ketones (excluding diaryl/α,β-unsaturated/α-hetero) is 2. The predicted molar refractivity (Wildman–Crippen MR) is 57.6 cm³/mol. The molecule has 0 aromatic carbocycles. The fraction of sp³-hybridized carbons (Fsp3) is 0.273. The predicted octanol–water partition coefficient (Wildman–Crippen LogP) is 1.32. The first-order valence-electron chi connectivity index (χ1n) is 4.79. The van der Waals surface area contributed by atoms with Crippen molar-refractivity contribution >= 4 is 17.3 Å². The molecule has 1 N–H and O–H groups in total. The van der Waals surface area contributed by atoms with E-state index in [0.29, 0.717) is 0 Å². The number of ketones is 2. The van der Waals surface area contributed by atoms with Crippen molar-refractivity contribution in [2.75, 3.05) is 0 Å². The minimum Gasteiger partial charge on any atom is -0.410 e. The molecule has 1 aromatic rings. The molecule has 0 fully saturated rings. The van der Waals surface area contributed by atoms with Gasteiger partial charge in [-0.25, -0.2) is 0 Å². The summed E-state index contributed by atoms with van der Waals surface area (Å²) in [7, 11) is 0. The third-order valence-electron chi connectivity index (χ3n) is 2.02. The number of pyridine rings is 1. The van der Waals surface area contributed by atoms with Gasteiger partial charge in [0.2, 0.25) is 5.78 Å². The van der Waals surface area contributed by atoms with Crippen LogP contribution in [0.2, 0.25) is 0 Å². The summed E-state index contributed by atoms with van der Waals surface area (Å²) in [6, 6.07) is 2.92. The Morgan fingerprint density at radius 3 is 2.31 bits per heavy atom. The molecule has 0 bridgehead atoms. The van der Waals surface area contributed by atoms with Crippen LogP contribution in [-0.2, 0) is 4.79 Å². The molecule has 0 aliphatic heterocycles. The summed E-state index contributed by atoms with van der Waals surface area (Å²) >= 11 is 0. The van der Waals surface area contributed by atoms with Crippen LogP contribution in [0, 0.1) is 5.92 Å². The highest BCUT2D eigenvalue weighted by atomic mass is 16.4. The molecule has 5 heteroatoms. The Morgan fingerprint density at radius 2 is 1.88 bits per heavy atom. The maximum atomic E-state index is 11.8. The number of oxime groups is 1. The quantitative estimate of drug-likeness (QED) is 0.273.